The molecule has 0 fully saturated rings. The molecule has 13 nitrogen and oxygen atoms in total. The molecule has 3 heterocycles. The summed E-state index contributed by atoms with van der Waals surface area (Å²) in [6, 6.07) is 17.1. The molecule has 398 valence electrons. The summed E-state index contributed by atoms with van der Waals surface area (Å²) in [6.45, 7) is 34.7. The summed E-state index contributed by atoms with van der Waals surface area (Å²) in [5.74, 6) is 1.51. The molecule has 0 aliphatic carbocycles. The predicted molar refractivity (Wildman–Crippen MR) is 303 cm³/mol. The molecule has 1 aliphatic heterocycles. The Kier molecular flexibility index (Phi) is 24.6. The van der Waals surface area contributed by atoms with Gasteiger partial charge in [0.25, 0.3) is 5.70 Å². The van der Waals surface area contributed by atoms with Gasteiger partial charge in [-0.15, -0.1) is 22.7 Å². The Hall–Kier alpha value is -6.80. The second kappa shape index (κ2) is 31.2. The molecule has 2 aromatic heterocycles. The van der Waals surface area contributed by atoms with E-state index in [0.29, 0.717) is 67.7 Å². The van der Waals surface area contributed by atoms with Crippen LogP contribution in [0.2, 0.25) is 0 Å². The summed E-state index contributed by atoms with van der Waals surface area (Å²) >= 11 is 3.10. The van der Waals surface area contributed by atoms with Gasteiger partial charge in [-0.1, -0.05) is 95.9 Å². The number of carbonyl (C=O) groups is 1. The fourth-order valence-corrected chi connectivity index (χ4v) is 10.0. The molecule has 0 radical (unpaired) electrons. The maximum absolute atomic E-state index is 11.7. The molecule has 0 bridgehead atoms. The van der Waals surface area contributed by atoms with Gasteiger partial charge >= 0.3 is 5.97 Å². The largest absolute Gasteiger partial charge is 0.505 e. The Balaban J connectivity index is 1.56. The molecule has 1 aliphatic rings. The summed E-state index contributed by atoms with van der Waals surface area (Å²) in [6.07, 6.45) is 20.1. The highest BCUT2D eigenvalue weighted by molar-refractivity contribution is 7.15. The standard InChI is InChI=1S/C60H72N4O9S2/c1-10-16-36-67-55-49(31-27-43-25-28-45(29-26-43)64(14-5)15-6)74-51(57(55)69-38-18-12-3)33-34-52-58(70-39-19-13-4)56(68-37-17-11-2)50(75-52)32-30-47-53(63-9)54(48(41-61)62-8)73-60(47,7)35-22-40-71-72-42-44-23-20-21-24-46(44)59(65)66/h20-21,23-34H,10-19,22,35-40,42H2,1-7H3,(H,65,66). The molecular formula is C60H72N4O9S2. The van der Waals surface area contributed by atoms with Crippen molar-refractivity contribution in [3.63, 3.8) is 0 Å². The molecular weight excluding hydrogens is 985 g/mol. The van der Waals surface area contributed by atoms with Gasteiger partial charge in [0.15, 0.2) is 23.0 Å². The van der Waals surface area contributed by atoms with Crippen molar-refractivity contribution in [3.05, 3.63) is 136 Å². The van der Waals surface area contributed by atoms with E-state index in [0.717, 1.165) is 95.3 Å². The third-order valence-corrected chi connectivity index (χ3v) is 14.5. The van der Waals surface area contributed by atoms with Crippen molar-refractivity contribution in [1.82, 2.24) is 0 Å². The molecule has 0 saturated heterocycles. The van der Waals surface area contributed by atoms with E-state index in [1.54, 1.807) is 29.5 Å². The van der Waals surface area contributed by atoms with Crippen LogP contribution < -0.4 is 23.8 Å². The summed E-state index contributed by atoms with van der Waals surface area (Å²) < 4.78 is 32.8. The monoisotopic (exact) mass is 1060 g/mol. The quantitative estimate of drug-likeness (QED) is 0.0160. The first kappa shape index (κ1) is 59.1. The number of carboxylic acids is 1. The van der Waals surface area contributed by atoms with Crippen molar-refractivity contribution in [3.8, 4) is 29.1 Å². The number of benzene rings is 2. The van der Waals surface area contributed by atoms with Crippen LogP contribution in [-0.2, 0) is 21.1 Å². The highest BCUT2D eigenvalue weighted by Gasteiger charge is 2.42. The van der Waals surface area contributed by atoms with Crippen molar-refractivity contribution in [2.75, 3.05) is 51.0 Å². The van der Waals surface area contributed by atoms with E-state index in [9.17, 15) is 15.2 Å². The first-order valence-electron chi connectivity index (χ1n) is 26.2. The van der Waals surface area contributed by atoms with Gasteiger partial charge in [-0.25, -0.2) is 29.5 Å². The second-order valence-electron chi connectivity index (χ2n) is 17.8. The van der Waals surface area contributed by atoms with E-state index in [1.807, 2.05) is 25.1 Å². The molecule has 0 spiro atoms. The van der Waals surface area contributed by atoms with Gasteiger partial charge < -0.3 is 33.7 Å². The van der Waals surface area contributed by atoms with Crippen LogP contribution in [0.25, 0.3) is 40.1 Å². The summed E-state index contributed by atoms with van der Waals surface area (Å²) in [5, 5.41) is 19.5. The minimum Gasteiger partial charge on any atom is -0.505 e. The fourth-order valence-electron chi connectivity index (χ4n) is 8.02. The lowest BCUT2D eigenvalue weighted by Crippen LogP contribution is -2.26. The Morgan fingerprint density at radius 1 is 0.693 bits per heavy atom. The van der Waals surface area contributed by atoms with Crippen molar-refractivity contribution < 1.29 is 43.4 Å². The normalized spacial score (nSPS) is 15.0. The number of ether oxygens (including phenoxy) is 5. The van der Waals surface area contributed by atoms with E-state index in [2.05, 4.69) is 105 Å². The van der Waals surface area contributed by atoms with E-state index in [4.69, 9.17) is 46.6 Å². The zero-order valence-corrected chi connectivity index (χ0v) is 46.3. The first-order valence-corrected chi connectivity index (χ1v) is 27.8. The second-order valence-corrected chi connectivity index (χ2v) is 20.0. The van der Waals surface area contributed by atoms with Crippen LogP contribution in [0.15, 0.2) is 77.3 Å². The molecule has 2 aromatic carbocycles. The number of nitrogens with zero attached hydrogens (tertiary/aromatic N) is 4. The zero-order valence-electron chi connectivity index (χ0n) is 44.6. The van der Waals surface area contributed by atoms with Crippen LogP contribution in [0.5, 0.6) is 23.0 Å². The van der Waals surface area contributed by atoms with Gasteiger partial charge in [-0.3, -0.25) is 0 Å². The maximum Gasteiger partial charge on any atom is 0.336 e. The molecule has 5 rings (SSSR count). The van der Waals surface area contributed by atoms with E-state index in [1.165, 1.54) is 23.1 Å². The minimum absolute atomic E-state index is 0.0680. The number of allylic oxidation sites excluding steroid dienone is 1. The smallest absolute Gasteiger partial charge is 0.336 e. The highest BCUT2D eigenvalue weighted by Crippen LogP contribution is 2.49. The lowest BCUT2D eigenvalue weighted by atomic mass is 9.90. The number of carboxylic acid groups (broad SMARTS) is 1. The number of nitriles is 1. The Bertz CT molecular complexity index is 2760. The fraction of sp³-hybridized carbons (Fsp3) is 0.433. The molecule has 1 atom stereocenters. The Morgan fingerprint density at radius 2 is 1.19 bits per heavy atom. The first-order chi connectivity index (χ1) is 36.5. The van der Waals surface area contributed by atoms with Crippen LogP contribution in [-0.4, -0.2) is 62.8 Å². The van der Waals surface area contributed by atoms with Crippen LogP contribution in [0, 0.1) is 24.5 Å². The van der Waals surface area contributed by atoms with Crippen LogP contribution in [0.4, 0.5) is 5.69 Å². The lowest BCUT2D eigenvalue weighted by Gasteiger charge is -2.27. The number of thiophene rings is 2. The number of unbranched alkanes of at least 4 members (excludes halogenated alkanes) is 4. The van der Waals surface area contributed by atoms with Gasteiger partial charge in [-0.2, -0.15) is 0 Å². The molecule has 1 unspecified atom stereocenters. The van der Waals surface area contributed by atoms with E-state index >= 15 is 0 Å². The summed E-state index contributed by atoms with van der Waals surface area (Å²) in [7, 11) is 0. The third-order valence-electron chi connectivity index (χ3n) is 12.3. The summed E-state index contributed by atoms with van der Waals surface area (Å²) in [5.41, 5.74) is 1.96. The van der Waals surface area contributed by atoms with Gasteiger partial charge in [0, 0.05) is 24.4 Å². The number of aromatic carboxylic acids is 1. The SMILES string of the molecule is [C-]#[N+]C(C#N)=C1OC(C)(CCCOOCc2ccccc2C(=O)O)C(C=Cc2sc(C=Cc3sc(C=Cc4ccc(N(CC)CC)cc4)c(OCCCC)c3OCCCC)c(OCCCC)c2OCCCC)=C1[N+]#[C-]. The molecule has 1 N–H and O–H groups in total. The number of hydrogen-bond acceptors (Lipinski definition) is 12. The third kappa shape index (κ3) is 16.3. The van der Waals surface area contributed by atoms with Crippen LogP contribution >= 0.6 is 22.7 Å². The Morgan fingerprint density at radius 3 is 1.64 bits per heavy atom. The van der Waals surface area contributed by atoms with E-state index in [-0.39, 0.29) is 35.9 Å². The van der Waals surface area contributed by atoms with Crippen molar-refractivity contribution in [2.24, 2.45) is 0 Å². The van der Waals surface area contributed by atoms with Crippen LogP contribution in [0.1, 0.15) is 154 Å². The zero-order chi connectivity index (χ0) is 54.0. The van der Waals surface area contributed by atoms with Crippen LogP contribution in [0.3, 0.4) is 0 Å². The van der Waals surface area contributed by atoms with Gasteiger partial charge in [-0.05, 0) is 113 Å². The molecule has 4 aromatic rings. The average molecular weight is 1060 g/mol. The van der Waals surface area contributed by atoms with Crippen molar-refractivity contribution >= 4 is 64.7 Å². The Labute approximate surface area is 452 Å². The lowest BCUT2D eigenvalue weighted by molar-refractivity contribution is -0.304. The van der Waals surface area contributed by atoms with Gasteiger partial charge in [0.05, 0.1) is 77.3 Å². The average Bonchev–Trinajstić information content (AvgIpc) is 4.03. The molecule has 75 heavy (non-hydrogen) atoms. The minimum atomic E-state index is -1.15. The van der Waals surface area contributed by atoms with Crippen molar-refractivity contribution in [2.45, 2.75) is 125 Å². The molecule has 0 amide bonds. The van der Waals surface area contributed by atoms with Gasteiger partial charge in [0.2, 0.25) is 5.70 Å². The van der Waals surface area contributed by atoms with E-state index < -0.39 is 11.6 Å². The maximum atomic E-state index is 11.7. The summed E-state index contributed by atoms with van der Waals surface area (Å²) in [4.78, 5) is 35.6. The highest BCUT2D eigenvalue weighted by atomic mass is 32.1. The molecule has 0 saturated carbocycles. The number of hydrogen-bond donors (Lipinski definition) is 1. The van der Waals surface area contributed by atoms with Crippen molar-refractivity contribution in [1.29, 1.82) is 5.26 Å². The number of anilines is 1. The predicted octanol–water partition coefficient (Wildman–Crippen LogP) is 16.0. The van der Waals surface area contributed by atoms with Gasteiger partial charge in [0.1, 0.15) is 18.0 Å². The topological polar surface area (TPSA) is 138 Å². The number of rotatable bonds is 33. The molecule has 15 heteroatoms.